The van der Waals surface area contributed by atoms with Crippen molar-refractivity contribution in [2.24, 2.45) is 0 Å². The Kier molecular flexibility index (Phi) is 4.18. The van der Waals surface area contributed by atoms with Gasteiger partial charge in [0.1, 0.15) is 5.82 Å². The van der Waals surface area contributed by atoms with Crippen molar-refractivity contribution < 1.29 is 9.53 Å². The van der Waals surface area contributed by atoms with E-state index in [1.165, 1.54) is 7.11 Å². The normalized spacial score (nSPS) is 23.3. The number of carbonyl (C=O) groups is 1. The fraction of sp³-hybridized carbons (Fsp3) is 0.571. The van der Waals surface area contributed by atoms with Gasteiger partial charge in [-0.15, -0.1) is 0 Å². The van der Waals surface area contributed by atoms with Gasteiger partial charge in [0.2, 0.25) is 5.95 Å². The Morgan fingerprint density at radius 2 is 2.10 bits per heavy atom. The molecule has 8 nitrogen and oxygen atoms in total. The van der Waals surface area contributed by atoms with E-state index in [1.807, 2.05) is 6.92 Å². The van der Waals surface area contributed by atoms with Crippen LogP contribution in [0.25, 0.3) is 0 Å². The number of nitrogens with one attached hydrogen (secondary N) is 1. The molecular weight excluding hydrogens is 370 g/mol. The van der Waals surface area contributed by atoms with E-state index in [2.05, 4.69) is 19.9 Å². The lowest BCUT2D eigenvalue weighted by Crippen LogP contribution is -2.46. The minimum absolute atomic E-state index is 0.0330. The van der Waals surface area contributed by atoms with Crippen molar-refractivity contribution in [1.82, 2.24) is 19.9 Å². The maximum absolute atomic E-state index is 12.7. The molecule has 5 rings (SSSR count). The smallest absolute Gasteiger partial charge is 0.356 e. The second-order valence-corrected chi connectivity index (χ2v) is 8.54. The van der Waals surface area contributed by atoms with Gasteiger partial charge in [0.15, 0.2) is 5.69 Å². The zero-order chi connectivity index (χ0) is 20.2. The number of rotatable bonds is 3. The summed E-state index contributed by atoms with van der Waals surface area (Å²) in [6.45, 7) is 3.38. The van der Waals surface area contributed by atoms with E-state index in [0.29, 0.717) is 18.4 Å². The van der Waals surface area contributed by atoms with E-state index in [-0.39, 0.29) is 16.7 Å². The number of piperidine rings is 1. The molecule has 1 saturated carbocycles. The van der Waals surface area contributed by atoms with Gasteiger partial charge in [0, 0.05) is 35.7 Å². The average Bonchev–Trinajstić information content (AvgIpc) is 3.52. The van der Waals surface area contributed by atoms with Crippen LogP contribution in [-0.2, 0) is 16.6 Å². The number of nitrogens with zero attached hydrogens (tertiary/aromatic N) is 4. The van der Waals surface area contributed by atoms with Crippen molar-refractivity contribution in [3.05, 3.63) is 44.9 Å². The molecule has 1 unspecified atom stereocenters. The summed E-state index contributed by atoms with van der Waals surface area (Å²) in [5, 5.41) is 0. The number of hydrogen-bond acceptors (Lipinski definition) is 7. The minimum Gasteiger partial charge on any atom is -0.464 e. The first kappa shape index (κ1) is 18.3. The maximum Gasteiger partial charge on any atom is 0.356 e. The van der Waals surface area contributed by atoms with Crippen LogP contribution in [0.2, 0.25) is 0 Å². The van der Waals surface area contributed by atoms with Gasteiger partial charge < -0.3 is 14.6 Å². The van der Waals surface area contributed by atoms with Crippen LogP contribution < -0.4 is 10.5 Å². The van der Waals surface area contributed by atoms with Crippen LogP contribution in [0.15, 0.2) is 10.9 Å². The molecule has 0 bridgehead atoms. The number of aromatic nitrogens is 4. The Morgan fingerprint density at radius 3 is 2.86 bits per heavy atom. The average molecular weight is 395 g/mol. The monoisotopic (exact) mass is 395 g/mol. The summed E-state index contributed by atoms with van der Waals surface area (Å²) in [6, 6.07) is 1.64. The largest absolute Gasteiger partial charge is 0.464 e. The predicted octanol–water partition coefficient (Wildman–Crippen LogP) is 2.02. The number of methoxy groups -OCH3 is 1. The summed E-state index contributed by atoms with van der Waals surface area (Å²) < 4.78 is 4.83. The van der Waals surface area contributed by atoms with Crippen molar-refractivity contribution in [2.75, 3.05) is 25.1 Å². The first-order chi connectivity index (χ1) is 14.0. The third-order valence-corrected chi connectivity index (χ3v) is 6.45. The van der Waals surface area contributed by atoms with Crippen molar-refractivity contribution in [3.8, 4) is 0 Å². The molecule has 29 heavy (non-hydrogen) atoms. The summed E-state index contributed by atoms with van der Waals surface area (Å²) in [4.78, 5) is 43.8. The quantitative estimate of drug-likeness (QED) is 0.794. The van der Waals surface area contributed by atoms with E-state index in [0.717, 1.165) is 67.8 Å². The van der Waals surface area contributed by atoms with Crippen LogP contribution in [-0.4, -0.2) is 46.1 Å². The van der Waals surface area contributed by atoms with E-state index in [4.69, 9.17) is 9.72 Å². The summed E-state index contributed by atoms with van der Waals surface area (Å²) in [5.41, 5.74) is 2.71. The molecule has 3 aliphatic rings. The maximum atomic E-state index is 12.7. The highest BCUT2D eigenvalue weighted by atomic mass is 16.5. The summed E-state index contributed by atoms with van der Waals surface area (Å²) in [5.74, 6) is 1.35. The molecular formula is C21H25N5O3. The number of hydrogen-bond donors (Lipinski definition) is 1. The lowest BCUT2D eigenvalue weighted by molar-refractivity contribution is 0.0593. The number of H-pyrrole nitrogens is 1. The Morgan fingerprint density at radius 1 is 1.28 bits per heavy atom. The van der Waals surface area contributed by atoms with E-state index in [1.54, 1.807) is 6.07 Å². The number of ether oxygens (including phenoxy) is 1. The van der Waals surface area contributed by atoms with E-state index >= 15 is 0 Å². The second-order valence-electron chi connectivity index (χ2n) is 8.54. The standard InChI is InChI=1S/C21H25N5O3/c1-12-10-15(19(28)29-2)23-20(22-12)26-9-3-7-21(11-26)8-6-14-16(21)24-17(13-4-5-13)25-18(14)27/h10,13H,3-9,11H2,1-2H3,(H,24,25,27). The number of fused-ring (bicyclic) bond motifs is 2. The van der Waals surface area contributed by atoms with Crippen molar-refractivity contribution >= 4 is 11.9 Å². The number of anilines is 1. The molecule has 1 saturated heterocycles. The van der Waals surface area contributed by atoms with Gasteiger partial charge in [-0.2, -0.15) is 0 Å². The van der Waals surface area contributed by atoms with Crippen LogP contribution in [0, 0.1) is 6.92 Å². The summed E-state index contributed by atoms with van der Waals surface area (Å²) in [7, 11) is 1.35. The molecule has 2 aliphatic carbocycles. The van der Waals surface area contributed by atoms with Gasteiger partial charge in [0.05, 0.1) is 12.8 Å². The number of aromatic amines is 1. The fourth-order valence-electron chi connectivity index (χ4n) is 4.82. The molecule has 0 radical (unpaired) electrons. The summed E-state index contributed by atoms with van der Waals surface area (Å²) in [6.07, 6.45) is 5.87. The predicted molar refractivity (Wildman–Crippen MR) is 106 cm³/mol. The molecule has 3 heterocycles. The van der Waals surface area contributed by atoms with E-state index < -0.39 is 5.97 Å². The number of carbonyl (C=O) groups excluding carboxylic acids is 1. The van der Waals surface area contributed by atoms with Crippen LogP contribution in [0.3, 0.4) is 0 Å². The topological polar surface area (TPSA) is 101 Å². The minimum atomic E-state index is -0.461. The van der Waals surface area contributed by atoms with Gasteiger partial charge in [-0.3, -0.25) is 4.79 Å². The van der Waals surface area contributed by atoms with Gasteiger partial charge in [-0.05, 0) is 51.5 Å². The molecule has 8 heteroatoms. The molecule has 1 atom stereocenters. The molecule has 2 fully saturated rings. The molecule has 0 amide bonds. The lowest BCUT2D eigenvalue weighted by atomic mass is 9.77. The third kappa shape index (κ3) is 3.10. The fourth-order valence-corrected chi connectivity index (χ4v) is 4.82. The van der Waals surface area contributed by atoms with Gasteiger partial charge in [-0.1, -0.05) is 0 Å². The molecule has 1 N–H and O–H groups in total. The molecule has 2 aromatic rings. The van der Waals surface area contributed by atoms with Crippen LogP contribution in [0.1, 0.15) is 71.3 Å². The van der Waals surface area contributed by atoms with Gasteiger partial charge in [-0.25, -0.2) is 19.7 Å². The highest BCUT2D eigenvalue weighted by molar-refractivity contribution is 5.87. The Labute approximate surface area is 168 Å². The van der Waals surface area contributed by atoms with Crippen LogP contribution in [0.5, 0.6) is 0 Å². The zero-order valence-electron chi connectivity index (χ0n) is 16.8. The highest BCUT2D eigenvalue weighted by Crippen LogP contribution is 2.45. The van der Waals surface area contributed by atoms with Crippen LogP contribution >= 0.6 is 0 Å². The Balaban J connectivity index is 1.51. The third-order valence-electron chi connectivity index (χ3n) is 6.45. The van der Waals surface area contributed by atoms with Crippen molar-refractivity contribution in [3.63, 3.8) is 0 Å². The second kappa shape index (κ2) is 6.64. The highest BCUT2D eigenvalue weighted by Gasteiger charge is 2.46. The van der Waals surface area contributed by atoms with Crippen molar-refractivity contribution in [1.29, 1.82) is 0 Å². The first-order valence-electron chi connectivity index (χ1n) is 10.3. The SMILES string of the molecule is COC(=O)c1cc(C)nc(N2CCCC3(CCc4c3nc(C3CC3)[nH]c4=O)C2)n1. The van der Waals surface area contributed by atoms with Gasteiger partial charge >= 0.3 is 5.97 Å². The lowest BCUT2D eigenvalue weighted by Gasteiger charge is -2.40. The molecule has 1 aliphatic heterocycles. The van der Waals surface area contributed by atoms with Gasteiger partial charge in [0.25, 0.3) is 5.56 Å². The molecule has 0 aromatic carbocycles. The van der Waals surface area contributed by atoms with Crippen LogP contribution in [0.4, 0.5) is 5.95 Å². The molecule has 2 aromatic heterocycles. The first-order valence-corrected chi connectivity index (χ1v) is 10.3. The number of esters is 1. The zero-order valence-corrected chi connectivity index (χ0v) is 16.8. The van der Waals surface area contributed by atoms with E-state index in [9.17, 15) is 9.59 Å². The molecule has 152 valence electrons. The summed E-state index contributed by atoms with van der Waals surface area (Å²) >= 11 is 0. The van der Waals surface area contributed by atoms with Crippen molar-refractivity contribution in [2.45, 2.75) is 56.8 Å². The Hall–Kier alpha value is -2.77. The Bertz CT molecular complexity index is 1050. The molecule has 1 spiro atoms. The number of aryl methyl sites for hydroxylation is 1.